The van der Waals surface area contributed by atoms with E-state index in [1.54, 1.807) is 12.1 Å². The van der Waals surface area contributed by atoms with E-state index in [1.165, 1.54) is 0 Å². The van der Waals surface area contributed by atoms with Crippen LogP contribution >= 0.6 is 11.6 Å². The Bertz CT molecular complexity index is 722. The van der Waals surface area contributed by atoms with Gasteiger partial charge in [0.1, 0.15) is 12.4 Å². The molecule has 102 valence electrons. The number of hydrogen-bond acceptors (Lipinski definition) is 3. The molecule has 5 heteroatoms. The van der Waals surface area contributed by atoms with Crippen LogP contribution in [0.4, 0.5) is 0 Å². The summed E-state index contributed by atoms with van der Waals surface area (Å²) in [5, 5.41) is 0.689. The monoisotopic (exact) mass is 287 g/mol. The molecule has 1 aromatic carbocycles. The molecule has 0 saturated carbocycles. The quantitative estimate of drug-likeness (QED) is 0.802. The second-order valence-corrected chi connectivity index (χ2v) is 4.81. The zero-order valence-electron chi connectivity index (χ0n) is 10.8. The first-order valence-corrected chi connectivity index (χ1v) is 6.69. The predicted molar refractivity (Wildman–Crippen MR) is 78.9 cm³/mol. The molecule has 3 aromatic rings. The summed E-state index contributed by atoms with van der Waals surface area (Å²) < 4.78 is 7.73. The lowest BCUT2D eigenvalue weighted by Gasteiger charge is -2.05. The summed E-state index contributed by atoms with van der Waals surface area (Å²) >= 11 is 5.84. The Hall–Kier alpha value is -2.04. The summed E-state index contributed by atoms with van der Waals surface area (Å²) in [6, 6.07) is 13.2. The summed E-state index contributed by atoms with van der Waals surface area (Å²) in [7, 11) is 0. The van der Waals surface area contributed by atoms with Crippen LogP contribution in [0.25, 0.3) is 5.52 Å². The zero-order valence-corrected chi connectivity index (χ0v) is 11.5. The molecule has 0 saturated heterocycles. The Morgan fingerprint density at radius 3 is 2.70 bits per heavy atom. The van der Waals surface area contributed by atoms with Crippen LogP contribution in [-0.4, -0.2) is 9.38 Å². The third-order valence-electron chi connectivity index (χ3n) is 3.07. The molecule has 0 fully saturated rings. The molecule has 20 heavy (non-hydrogen) atoms. The largest absolute Gasteiger partial charge is 0.486 e. The number of aromatic nitrogens is 2. The maximum Gasteiger partial charge on any atom is 0.151 e. The number of halogens is 1. The van der Waals surface area contributed by atoms with Gasteiger partial charge in [0.25, 0.3) is 0 Å². The van der Waals surface area contributed by atoms with Crippen LogP contribution in [0.5, 0.6) is 5.75 Å². The molecule has 0 radical (unpaired) electrons. The average Bonchev–Trinajstić information content (AvgIpc) is 2.85. The first-order valence-electron chi connectivity index (χ1n) is 6.31. The van der Waals surface area contributed by atoms with Crippen molar-refractivity contribution in [2.24, 2.45) is 5.73 Å². The van der Waals surface area contributed by atoms with E-state index in [2.05, 4.69) is 4.98 Å². The van der Waals surface area contributed by atoms with Crippen molar-refractivity contribution in [2.75, 3.05) is 0 Å². The van der Waals surface area contributed by atoms with Crippen LogP contribution < -0.4 is 10.5 Å². The molecule has 0 aliphatic carbocycles. The molecular weight excluding hydrogens is 274 g/mol. The fourth-order valence-electron chi connectivity index (χ4n) is 2.10. The number of imidazole rings is 1. The molecule has 0 unspecified atom stereocenters. The van der Waals surface area contributed by atoms with Crippen LogP contribution in [0.1, 0.15) is 11.5 Å². The smallest absolute Gasteiger partial charge is 0.151 e. The Labute approximate surface area is 121 Å². The lowest BCUT2D eigenvalue weighted by molar-refractivity contribution is 0.295. The minimum absolute atomic E-state index is 0.382. The highest BCUT2D eigenvalue weighted by molar-refractivity contribution is 6.30. The van der Waals surface area contributed by atoms with Gasteiger partial charge in [0, 0.05) is 17.8 Å². The van der Waals surface area contributed by atoms with Gasteiger partial charge in [-0.3, -0.25) is 0 Å². The van der Waals surface area contributed by atoms with Crippen LogP contribution in [-0.2, 0) is 13.2 Å². The molecule has 0 aliphatic rings. The summed E-state index contributed by atoms with van der Waals surface area (Å²) in [6.07, 6.45) is 1.96. The highest BCUT2D eigenvalue weighted by Gasteiger charge is 2.09. The van der Waals surface area contributed by atoms with Crippen molar-refractivity contribution >= 4 is 17.1 Å². The van der Waals surface area contributed by atoms with Crippen LogP contribution in [0.15, 0.2) is 48.7 Å². The van der Waals surface area contributed by atoms with E-state index in [1.807, 2.05) is 40.9 Å². The number of fused-ring (bicyclic) bond motifs is 1. The normalized spacial score (nSPS) is 10.9. The molecule has 0 spiro atoms. The van der Waals surface area contributed by atoms with E-state index in [9.17, 15) is 0 Å². The van der Waals surface area contributed by atoms with Crippen molar-refractivity contribution in [1.82, 2.24) is 9.38 Å². The molecular formula is C15H14ClN3O. The van der Waals surface area contributed by atoms with E-state index in [4.69, 9.17) is 22.1 Å². The first-order chi connectivity index (χ1) is 9.78. The van der Waals surface area contributed by atoms with Gasteiger partial charge in [-0.05, 0) is 36.4 Å². The molecule has 2 N–H and O–H groups in total. The molecule has 0 aliphatic heterocycles. The number of rotatable bonds is 4. The van der Waals surface area contributed by atoms with Gasteiger partial charge in [0.2, 0.25) is 0 Å². The van der Waals surface area contributed by atoms with Gasteiger partial charge in [-0.1, -0.05) is 17.7 Å². The van der Waals surface area contributed by atoms with E-state index in [0.717, 1.165) is 22.8 Å². The van der Waals surface area contributed by atoms with Crippen LogP contribution in [0, 0.1) is 0 Å². The lowest BCUT2D eigenvalue weighted by atomic mass is 10.3. The van der Waals surface area contributed by atoms with Gasteiger partial charge >= 0.3 is 0 Å². The number of benzene rings is 1. The average molecular weight is 288 g/mol. The molecule has 4 nitrogen and oxygen atoms in total. The second kappa shape index (κ2) is 5.53. The SMILES string of the molecule is NCc1nc(COc2ccc(Cl)cc2)n2ccccc12. The number of nitrogens with two attached hydrogens (primary N) is 1. The van der Waals surface area contributed by atoms with Crippen molar-refractivity contribution in [2.45, 2.75) is 13.2 Å². The second-order valence-electron chi connectivity index (χ2n) is 4.38. The lowest BCUT2D eigenvalue weighted by Crippen LogP contribution is -2.01. The number of hydrogen-bond donors (Lipinski definition) is 1. The number of ether oxygens (including phenoxy) is 1. The fraction of sp³-hybridized carbons (Fsp3) is 0.133. The zero-order chi connectivity index (χ0) is 13.9. The molecule has 0 bridgehead atoms. The van der Waals surface area contributed by atoms with Gasteiger partial charge in [-0.25, -0.2) is 4.98 Å². The Kier molecular flexibility index (Phi) is 3.58. The van der Waals surface area contributed by atoms with Gasteiger partial charge in [-0.2, -0.15) is 0 Å². The van der Waals surface area contributed by atoms with Gasteiger partial charge in [-0.15, -0.1) is 0 Å². The summed E-state index contributed by atoms with van der Waals surface area (Å²) in [4.78, 5) is 4.53. The fourth-order valence-corrected chi connectivity index (χ4v) is 2.23. The highest BCUT2D eigenvalue weighted by Crippen LogP contribution is 2.18. The molecule has 3 rings (SSSR count). The Morgan fingerprint density at radius 2 is 1.95 bits per heavy atom. The number of nitrogens with zero attached hydrogens (tertiary/aromatic N) is 2. The maximum absolute atomic E-state index is 5.84. The van der Waals surface area contributed by atoms with Crippen LogP contribution in [0.3, 0.4) is 0 Å². The Balaban J connectivity index is 1.85. The topological polar surface area (TPSA) is 52.5 Å². The third-order valence-corrected chi connectivity index (χ3v) is 3.32. The molecule has 2 heterocycles. The standard InChI is InChI=1S/C15H14ClN3O/c16-11-4-6-12(7-5-11)20-10-15-18-13(9-17)14-3-1-2-8-19(14)15/h1-8H,9-10,17H2. The third kappa shape index (κ3) is 2.48. The van der Waals surface area contributed by atoms with Crippen molar-refractivity contribution < 1.29 is 4.74 Å². The molecule has 0 amide bonds. The van der Waals surface area contributed by atoms with E-state index in [0.29, 0.717) is 18.2 Å². The van der Waals surface area contributed by atoms with Gasteiger partial charge in [0.05, 0.1) is 11.2 Å². The van der Waals surface area contributed by atoms with E-state index in [-0.39, 0.29) is 0 Å². The molecule has 2 aromatic heterocycles. The first kappa shape index (κ1) is 13.0. The van der Waals surface area contributed by atoms with E-state index < -0.39 is 0 Å². The highest BCUT2D eigenvalue weighted by atomic mass is 35.5. The minimum Gasteiger partial charge on any atom is -0.486 e. The minimum atomic E-state index is 0.382. The van der Waals surface area contributed by atoms with Gasteiger partial charge < -0.3 is 14.9 Å². The van der Waals surface area contributed by atoms with Gasteiger partial charge in [0.15, 0.2) is 5.82 Å². The van der Waals surface area contributed by atoms with E-state index >= 15 is 0 Å². The Morgan fingerprint density at radius 1 is 1.15 bits per heavy atom. The van der Waals surface area contributed by atoms with Crippen molar-refractivity contribution in [3.63, 3.8) is 0 Å². The maximum atomic E-state index is 5.84. The summed E-state index contributed by atoms with van der Waals surface area (Å²) in [5.41, 5.74) is 7.62. The van der Waals surface area contributed by atoms with Crippen molar-refractivity contribution in [3.05, 3.63) is 65.2 Å². The van der Waals surface area contributed by atoms with Crippen molar-refractivity contribution in [1.29, 1.82) is 0 Å². The predicted octanol–water partition coefficient (Wildman–Crippen LogP) is 3.03. The van der Waals surface area contributed by atoms with Crippen molar-refractivity contribution in [3.8, 4) is 5.75 Å². The number of pyridine rings is 1. The summed E-state index contributed by atoms with van der Waals surface area (Å²) in [6.45, 7) is 0.793. The van der Waals surface area contributed by atoms with Crippen LogP contribution in [0.2, 0.25) is 5.02 Å². The summed E-state index contributed by atoms with van der Waals surface area (Å²) in [5.74, 6) is 1.59. The molecule has 0 atom stereocenters.